The fourth-order valence-corrected chi connectivity index (χ4v) is 1.01. The first kappa shape index (κ1) is 12.7. The maximum absolute atomic E-state index is 8.29. The Morgan fingerprint density at radius 1 is 1.00 bits per heavy atom. The van der Waals surface area contributed by atoms with E-state index >= 15 is 0 Å². The number of hydrogen-bond donors (Lipinski definition) is 0. The van der Waals surface area contributed by atoms with Gasteiger partial charge in [-0.25, -0.2) is 0 Å². The van der Waals surface area contributed by atoms with E-state index in [9.17, 15) is 0 Å². The highest BCUT2D eigenvalue weighted by Crippen LogP contribution is 1.96. The summed E-state index contributed by atoms with van der Waals surface area (Å²) in [6.45, 7) is 2.04. The van der Waals surface area contributed by atoms with Crippen molar-refractivity contribution in [2.24, 2.45) is 0 Å². The predicted molar refractivity (Wildman–Crippen MR) is 61.8 cm³/mol. The van der Waals surface area contributed by atoms with Gasteiger partial charge in [-0.2, -0.15) is 5.26 Å². The van der Waals surface area contributed by atoms with Gasteiger partial charge in [0, 0.05) is 6.42 Å². The van der Waals surface area contributed by atoms with E-state index in [1.165, 1.54) is 0 Å². The zero-order valence-electron chi connectivity index (χ0n) is 8.95. The number of allylic oxidation sites excluding steroid dienone is 6. The lowest BCUT2D eigenvalue weighted by atomic mass is 10.2. The monoisotopic (exact) mass is 189 g/mol. The van der Waals surface area contributed by atoms with Crippen molar-refractivity contribution >= 4 is 0 Å². The summed E-state index contributed by atoms with van der Waals surface area (Å²) in [7, 11) is 0. The van der Waals surface area contributed by atoms with E-state index in [1.54, 1.807) is 0 Å². The molecule has 0 fully saturated rings. The van der Waals surface area contributed by atoms with E-state index in [4.69, 9.17) is 5.26 Å². The van der Waals surface area contributed by atoms with Crippen LogP contribution in [0.3, 0.4) is 0 Å². The molecule has 76 valence electrons. The number of unbranched alkanes of at least 4 members (excludes halogenated alkanes) is 3. The van der Waals surface area contributed by atoms with Gasteiger partial charge in [-0.1, -0.05) is 36.5 Å². The third-order valence-corrected chi connectivity index (χ3v) is 1.78. The van der Waals surface area contributed by atoms with Crippen LogP contribution < -0.4 is 0 Å². The van der Waals surface area contributed by atoms with E-state index in [0.29, 0.717) is 6.42 Å². The molecule has 0 heterocycles. The first-order valence-electron chi connectivity index (χ1n) is 5.21. The number of hydrogen-bond acceptors (Lipinski definition) is 1. The Balaban J connectivity index is 3.28. The van der Waals surface area contributed by atoms with Gasteiger partial charge in [0.05, 0.1) is 6.07 Å². The van der Waals surface area contributed by atoms with Crippen molar-refractivity contribution in [1.29, 1.82) is 5.26 Å². The average Bonchev–Trinajstić information content (AvgIpc) is 2.21. The van der Waals surface area contributed by atoms with Crippen LogP contribution in [0.2, 0.25) is 0 Å². The number of nitriles is 1. The Bertz CT molecular complexity index is 228. The van der Waals surface area contributed by atoms with Crippen LogP contribution >= 0.6 is 0 Å². The molecule has 0 aromatic rings. The maximum atomic E-state index is 8.29. The van der Waals surface area contributed by atoms with E-state index in [2.05, 4.69) is 42.5 Å². The quantitative estimate of drug-likeness (QED) is 0.335. The van der Waals surface area contributed by atoms with Crippen LogP contribution in [0.25, 0.3) is 0 Å². The van der Waals surface area contributed by atoms with Gasteiger partial charge in [-0.05, 0) is 32.6 Å². The predicted octanol–water partition coefficient (Wildman–Crippen LogP) is 4.15. The highest BCUT2D eigenvalue weighted by atomic mass is 14.2. The summed E-state index contributed by atoms with van der Waals surface area (Å²) >= 11 is 0. The summed E-state index contributed by atoms with van der Waals surface area (Å²) in [5, 5.41) is 8.29. The van der Waals surface area contributed by atoms with Crippen LogP contribution in [0.4, 0.5) is 0 Å². The van der Waals surface area contributed by atoms with Crippen LogP contribution in [-0.4, -0.2) is 0 Å². The summed E-state index contributed by atoms with van der Waals surface area (Å²) in [5.74, 6) is 0. The van der Waals surface area contributed by atoms with E-state index < -0.39 is 0 Å². The van der Waals surface area contributed by atoms with Gasteiger partial charge >= 0.3 is 0 Å². The van der Waals surface area contributed by atoms with Gasteiger partial charge in [0.2, 0.25) is 0 Å². The molecular formula is C13H19N. The van der Waals surface area contributed by atoms with Gasteiger partial charge in [0.1, 0.15) is 0 Å². The molecule has 1 heteroatoms. The lowest BCUT2D eigenvalue weighted by Gasteiger charge is -1.85. The smallest absolute Gasteiger partial charge is 0.0621 e. The molecule has 0 radical (unpaired) electrons. The van der Waals surface area contributed by atoms with Crippen LogP contribution in [-0.2, 0) is 0 Å². The molecule has 0 amide bonds. The molecule has 0 N–H and O–H groups in total. The van der Waals surface area contributed by atoms with Crippen molar-refractivity contribution in [1.82, 2.24) is 0 Å². The zero-order chi connectivity index (χ0) is 10.5. The Kier molecular flexibility index (Phi) is 10.6. The van der Waals surface area contributed by atoms with Gasteiger partial charge < -0.3 is 0 Å². The fourth-order valence-electron chi connectivity index (χ4n) is 1.01. The van der Waals surface area contributed by atoms with E-state index in [0.717, 1.165) is 25.7 Å². The van der Waals surface area contributed by atoms with Gasteiger partial charge in [-0.3, -0.25) is 0 Å². The fraction of sp³-hybridized carbons (Fsp3) is 0.462. The van der Waals surface area contributed by atoms with Gasteiger partial charge in [0.25, 0.3) is 0 Å². The molecule has 0 unspecified atom stereocenters. The molecular weight excluding hydrogens is 170 g/mol. The summed E-state index contributed by atoms with van der Waals surface area (Å²) < 4.78 is 0. The van der Waals surface area contributed by atoms with Gasteiger partial charge in [0.15, 0.2) is 0 Å². The first-order chi connectivity index (χ1) is 6.91. The number of nitrogens with zero attached hydrogens (tertiary/aromatic N) is 1. The minimum Gasteiger partial charge on any atom is -0.198 e. The molecule has 0 aliphatic heterocycles. The molecule has 0 bridgehead atoms. The lowest BCUT2D eigenvalue weighted by Crippen LogP contribution is -1.67. The summed E-state index contributed by atoms with van der Waals surface area (Å²) in [6, 6.07) is 2.13. The SMILES string of the molecule is C/C=C/CC/C=C/C=C/CCCC#N. The molecule has 0 saturated carbocycles. The Labute approximate surface area is 87.4 Å². The third-order valence-electron chi connectivity index (χ3n) is 1.78. The molecule has 0 rings (SSSR count). The highest BCUT2D eigenvalue weighted by Gasteiger charge is 1.79. The summed E-state index contributed by atoms with van der Waals surface area (Å²) in [5.41, 5.74) is 0. The van der Waals surface area contributed by atoms with Crippen molar-refractivity contribution in [2.45, 2.75) is 39.0 Å². The molecule has 14 heavy (non-hydrogen) atoms. The molecule has 0 aromatic carbocycles. The van der Waals surface area contributed by atoms with E-state index in [-0.39, 0.29) is 0 Å². The Morgan fingerprint density at radius 3 is 2.29 bits per heavy atom. The molecule has 0 spiro atoms. The average molecular weight is 189 g/mol. The molecule has 0 aliphatic carbocycles. The van der Waals surface area contributed by atoms with Crippen molar-refractivity contribution in [3.05, 3.63) is 36.5 Å². The maximum Gasteiger partial charge on any atom is 0.0621 e. The van der Waals surface area contributed by atoms with Crippen molar-refractivity contribution in [2.75, 3.05) is 0 Å². The highest BCUT2D eigenvalue weighted by molar-refractivity contribution is 5.02. The summed E-state index contributed by atoms with van der Waals surface area (Å²) in [4.78, 5) is 0. The molecule has 0 aromatic heterocycles. The van der Waals surface area contributed by atoms with Crippen LogP contribution in [0.15, 0.2) is 36.5 Å². The van der Waals surface area contributed by atoms with E-state index in [1.807, 2.05) is 6.92 Å². The number of rotatable bonds is 7. The molecule has 0 aliphatic rings. The van der Waals surface area contributed by atoms with Crippen LogP contribution in [0.1, 0.15) is 39.0 Å². The molecule has 1 nitrogen and oxygen atoms in total. The Hall–Kier alpha value is -1.29. The van der Waals surface area contributed by atoms with Crippen molar-refractivity contribution < 1.29 is 0 Å². The zero-order valence-corrected chi connectivity index (χ0v) is 8.95. The normalized spacial score (nSPS) is 11.7. The lowest BCUT2D eigenvalue weighted by molar-refractivity contribution is 0.876. The second-order valence-electron chi connectivity index (χ2n) is 3.05. The van der Waals surface area contributed by atoms with Crippen molar-refractivity contribution in [3.8, 4) is 6.07 Å². The topological polar surface area (TPSA) is 23.8 Å². The van der Waals surface area contributed by atoms with Gasteiger partial charge in [-0.15, -0.1) is 0 Å². The Morgan fingerprint density at radius 2 is 1.64 bits per heavy atom. The minimum absolute atomic E-state index is 0.662. The molecule has 0 atom stereocenters. The second kappa shape index (κ2) is 11.7. The second-order valence-corrected chi connectivity index (χ2v) is 3.05. The standard InChI is InChI=1S/C13H19N/c1-2-3-4-5-6-7-8-9-10-11-12-13-14/h2-3,6-9H,4-5,10-12H2,1H3/b3-2+,7-6+,9-8+. The molecule has 0 saturated heterocycles. The third kappa shape index (κ3) is 10.7. The largest absolute Gasteiger partial charge is 0.198 e. The minimum atomic E-state index is 0.662. The first-order valence-corrected chi connectivity index (χ1v) is 5.21. The summed E-state index contributed by atoms with van der Waals surface area (Å²) in [6.07, 6.45) is 17.5. The van der Waals surface area contributed by atoms with Crippen molar-refractivity contribution in [3.63, 3.8) is 0 Å². The van der Waals surface area contributed by atoms with Crippen LogP contribution in [0.5, 0.6) is 0 Å². The van der Waals surface area contributed by atoms with Crippen LogP contribution in [0, 0.1) is 11.3 Å².